The van der Waals surface area contributed by atoms with Crippen LogP contribution in [-0.2, 0) is 14.3 Å². The minimum absolute atomic E-state index is 0.238. The molecular weight excluding hydrogens is 438 g/mol. The molecule has 0 rings (SSSR count). The molecule has 0 fully saturated rings. The van der Waals surface area contributed by atoms with Gasteiger partial charge in [-0.1, -0.05) is 123 Å². The zero-order valence-electron chi connectivity index (χ0n) is 24.1. The van der Waals surface area contributed by atoms with Crippen LogP contribution in [0.3, 0.4) is 0 Å². The van der Waals surface area contributed by atoms with Crippen LogP contribution < -0.4 is 5.11 Å². The lowest BCUT2D eigenvalue weighted by Crippen LogP contribution is -2.45. The van der Waals surface area contributed by atoms with Gasteiger partial charge in [0.05, 0.1) is 21.1 Å². The summed E-state index contributed by atoms with van der Waals surface area (Å²) < 4.78 is 5.96. The first-order chi connectivity index (χ1) is 16.6. The highest BCUT2D eigenvalue weighted by Crippen LogP contribution is 2.19. The molecule has 0 amide bonds. The topological polar surface area (TPSA) is 66.4 Å². The maximum atomic E-state index is 12.1. The monoisotopic (exact) mass is 497 g/mol. The van der Waals surface area contributed by atoms with E-state index in [0.29, 0.717) is 17.4 Å². The number of quaternary nitrogens is 1. The van der Waals surface area contributed by atoms with Crippen LogP contribution in [0.5, 0.6) is 0 Å². The number of likely N-dealkylation sites (N-methyl/N-ethyl adjacent to an activating group) is 1. The minimum Gasteiger partial charge on any atom is -0.550 e. The molecule has 0 aromatic rings. The molecule has 0 bridgehead atoms. The van der Waals surface area contributed by atoms with Crippen LogP contribution in [0, 0.1) is 5.92 Å². The minimum atomic E-state index is -1.17. The quantitative estimate of drug-likeness (QED) is 0.0789. The Bertz CT molecular complexity index is 515. The fourth-order valence-electron chi connectivity index (χ4n) is 4.78. The molecule has 0 aliphatic heterocycles. The summed E-state index contributed by atoms with van der Waals surface area (Å²) in [6, 6.07) is 0. The number of carboxylic acid groups (broad SMARTS) is 1. The van der Waals surface area contributed by atoms with Crippen molar-refractivity contribution in [3.63, 3.8) is 0 Å². The normalized spacial score (nSPS) is 13.5. The van der Waals surface area contributed by atoms with E-state index in [9.17, 15) is 14.7 Å². The molecule has 2 unspecified atom stereocenters. The van der Waals surface area contributed by atoms with Crippen LogP contribution >= 0.6 is 0 Å². The van der Waals surface area contributed by atoms with E-state index >= 15 is 0 Å². The molecule has 5 heteroatoms. The summed E-state index contributed by atoms with van der Waals surface area (Å²) in [5, 5.41) is 10.9. The lowest BCUT2D eigenvalue weighted by molar-refractivity contribution is -0.873. The molecule has 0 saturated heterocycles. The van der Waals surface area contributed by atoms with Crippen molar-refractivity contribution >= 4 is 11.9 Å². The van der Waals surface area contributed by atoms with Gasteiger partial charge in [-0.25, -0.2) is 0 Å². The summed E-state index contributed by atoms with van der Waals surface area (Å²) >= 11 is 0. The molecule has 35 heavy (non-hydrogen) atoms. The lowest BCUT2D eigenvalue weighted by Gasteiger charge is -2.29. The van der Waals surface area contributed by atoms with E-state index in [1.165, 1.54) is 96.3 Å². The Morgan fingerprint density at radius 1 is 0.714 bits per heavy atom. The molecule has 0 saturated carbocycles. The summed E-state index contributed by atoms with van der Waals surface area (Å²) in [7, 11) is 5.86. The van der Waals surface area contributed by atoms with Crippen LogP contribution in [0.2, 0.25) is 0 Å². The van der Waals surface area contributed by atoms with Gasteiger partial charge in [0.15, 0.2) is 6.10 Å². The Hall–Kier alpha value is -1.10. The van der Waals surface area contributed by atoms with Crippen LogP contribution in [-0.4, -0.2) is 50.2 Å². The first-order valence-corrected chi connectivity index (χ1v) is 14.8. The molecule has 2 atom stereocenters. The Balaban J connectivity index is 3.60. The fraction of sp³-hybridized carbons (Fsp3) is 0.933. The molecule has 0 aromatic carbocycles. The number of carbonyl (C=O) groups is 2. The van der Waals surface area contributed by atoms with Crippen LogP contribution in [0.4, 0.5) is 0 Å². The van der Waals surface area contributed by atoms with E-state index < -0.39 is 12.1 Å². The highest BCUT2D eigenvalue weighted by molar-refractivity contribution is 5.70. The number of nitrogens with zero attached hydrogens (tertiary/aromatic N) is 1. The average molecular weight is 498 g/mol. The first kappa shape index (κ1) is 33.9. The Morgan fingerprint density at radius 2 is 1.14 bits per heavy atom. The zero-order chi connectivity index (χ0) is 26.4. The van der Waals surface area contributed by atoms with E-state index in [1.54, 1.807) is 0 Å². The third kappa shape index (κ3) is 25.8. The SMILES string of the molecule is CCCCCCCCCCCCCCCC(C)CCCCCC(=O)OC(CC(=O)[O-])C[N+](C)(C)C. The molecule has 0 N–H and O–H groups in total. The number of hydrogen-bond acceptors (Lipinski definition) is 4. The maximum absolute atomic E-state index is 12.1. The van der Waals surface area contributed by atoms with Gasteiger partial charge in [0.1, 0.15) is 6.54 Å². The van der Waals surface area contributed by atoms with Gasteiger partial charge >= 0.3 is 5.97 Å². The number of rotatable bonds is 25. The number of carboxylic acids is 1. The largest absolute Gasteiger partial charge is 0.550 e. The molecule has 0 aliphatic rings. The van der Waals surface area contributed by atoms with Gasteiger partial charge in [0.25, 0.3) is 0 Å². The second kappa shape index (κ2) is 22.1. The van der Waals surface area contributed by atoms with Gasteiger partial charge in [-0.3, -0.25) is 4.79 Å². The van der Waals surface area contributed by atoms with Crippen LogP contribution in [0.1, 0.15) is 142 Å². The smallest absolute Gasteiger partial charge is 0.306 e. The predicted octanol–water partition coefficient (Wildman–Crippen LogP) is 6.81. The summed E-state index contributed by atoms with van der Waals surface area (Å²) in [4.78, 5) is 23.1. The summed E-state index contributed by atoms with van der Waals surface area (Å²) in [5.41, 5.74) is 0. The van der Waals surface area contributed by atoms with Crippen molar-refractivity contribution in [2.75, 3.05) is 27.7 Å². The molecule has 0 radical (unpaired) electrons. The summed E-state index contributed by atoms with van der Waals surface area (Å²) in [5.74, 6) is -0.704. The lowest BCUT2D eigenvalue weighted by atomic mass is 9.96. The molecule has 0 heterocycles. The van der Waals surface area contributed by atoms with Gasteiger partial charge < -0.3 is 19.1 Å². The van der Waals surface area contributed by atoms with E-state index in [0.717, 1.165) is 25.2 Å². The van der Waals surface area contributed by atoms with E-state index in [4.69, 9.17) is 4.74 Å². The summed E-state index contributed by atoms with van der Waals surface area (Å²) in [6.45, 7) is 5.10. The van der Waals surface area contributed by atoms with E-state index in [2.05, 4.69) is 13.8 Å². The number of esters is 1. The van der Waals surface area contributed by atoms with Gasteiger partial charge in [-0.05, 0) is 12.3 Å². The standard InChI is InChI=1S/C30H59NO4/c1-6-7-8-9-10-11-12-13-14-15-16-17-19-22-27(2)23-20-18-21-24-30(34)35-28(25-29(32)33)26-31(3,4)5/h27-28H,6-26H2,1-5H3. The number of ether oxygens (including phenoxy) is 1. The van der Waals surface area contributed by atoms with Gasteiger partial charge in [-0.2, -0.15) is 0 Å². The van der Waals surface area contributed by atoms with Crippen LogP contribution in [0.15, 0.2) is 0 Å². The van der Waals surface area contributed by atoms with Gasteiger partial charge in [0.2, 0.25) is 0 Å². The van der Waals surface area contributed by atoms with Crippen molar-refractivity contribution in [2.45, 2.75) is 148 Å². The Kier molecular flexibility index (Phi) is 21.4. The third-order valence-corrected chi connectivity index (χ3v) is 6.82. The maximum Gasteiger partial charge on any atom is 0.306 e. The number of carbonyl (C=O) groups excluding carboxylic acids is 2. The van der Waals surface area contributed by atoms with Crippen LogP contribution in [0.25, 0.3) is 0 Å². The third-order valence-electron chi connectivity index (χ3n) is 6.82. The first-order valence-electron chi connectivity index (χ1n) is 14.8. The molecule has 0 spiro atoms. The molecule has 5 nitrogen and oxygen atoms in total. The second-order valence-corrected chi connectivity index (χ2v) is 11.9. The number of unbranched alkanes of at least 4 members (excludes halogenated alkanes) is 14. The van der Waals surface area contributed by atoms with Gasteiger partial charge in [-0.15, -0.1) is 0 Å². The summed E-state index contributed by atoms with van der Waals surface area (Å²) in [6.07, 6.45) is 23.3. The molecule has 0 aromatic heterocycles. The fourth-order valence-corrected chi connectivity index (χ4v) is 4.78. The molecular formula is C30H59NO4. The highest BCUT2D eigenvalue weighted by Gasteiger charge is 2.22. The zero-order valence-corrected chi connectivity index (χ0v) is 24.1. The van der Waals surface area contributed by atoms with Crippen molar-refractivity contribution in [3.05, 3.63) is 0 Å². The van der Waals surface area contributed by atoms with Crippen molar-refractivity contribution in [3.8, 4) is 0 Å². The number of aliphatic carboxylic acids is 1. The van der Waals surface area contributed by atoms with E-state index in [-0.39, 0.29) is 12.4 Å². The van der Waals surface area contributed by atoms with Crippen molar-refractivity contribution in [2.24, 2.45) is 5.92 Å². The Labute approximate surface area is 218 Å². The van der Waals surface area contributed by atoms with Crippen molar-refractivity contribution in [1.29, 1.82) is 0 Å². The predicted molar refractivity (Wildman–Crippen MR) is 145 cm³/mol. The van der Waals surface area contributed by atoms with E-state index in [1.807, 2.05) is 21.1 Å². The second-order valence-electron chi connectivity index (χ2n) is 11.9. The highest BCUT2D eigenvalue weighted by atomic mass is 16.5. The van der Waals surface area contributed by atoms with Crippen molar-refractivity contribution in [1.82, 2.24) is 0 Å². The number of hydrogen-bond donors (Lipinski definition) is 0. The van der Waals surface area contributed by atoms with Gasteiger partial charge in [0, 0.05) is 18.8 Å². The van der Waals surface area contributed by atoms with Crippen molar-refractivity contribution < 1.29 is 23.9 Å². The molecule has 0 aliphatic carbocycles. The molecule has 208 valence electrons. The Morgan fingerprint density at radius 3 is 1.57 bits per heavy atom. The average Bonchev–Trinajstić information content (AvgIpc) is 2.75.